The van der Waals surface area contributed by atoms with Crippen LogP contribution in [0.25, 0.3) is 0 Å². The average Bonchev–Trinajstić information content (AvgIpc) is 2.64. The number of aromatic nitrogens is 2. The standard InChI is InChI=1S/C15H16F2N2O/c1-9-11(10(2)19(3)18-9)7-8-14(20)12-5-4-6-13(16)15(12)17/h4-6H,7-8H2,1-3H3. The molecule has 0 saturated heterocycles. The van der Waals surface area contributed by atoms with Crippen LogP contribution >= 0.6 is 0 Å². The van der Waals surface area contributed by atoms with E-state index in [1.807, 2.05) is 20.9 Å². The number of benzene rings is 1. The number of hydrogen-bond donors (Lipinski definition) is 0. The largest absolute Gasteiger partial charge is 0.294 e. The first kappa shape index (κ1) is 14.4. The summed E-state index contributed by atoms with van der Waals surface area (Å²) in [7, 11) is 1.83. The lowest BCUT2D eigenvalue weighted by Gasteiger charge is -2.04. The molecule has 1 aromatic heterocycles. The summed E-state index contributed by atoms with van der Waals surface area (Å²) in [6.07, 6.45) is 0.605. The molecule has 0 atom stereocenters. The molecule has 0 aliphatic heterocycles. The van der Waals surface area contributed by atoms with Crippen molar-refractivity contribution in [1.29, 1.82) is 0 Å². The van der Waals surface area contributed by atoms with E-state index in [0.29, 0.717) is 6.42 Å². The number of Topliss-reactive ketones (excluding diaryl/α,β-unsaturated/α-hetero) is 1. The zero-order chi connectivity index (χ0) is 14.9. The van der Waals surface area contributed by atoms with Gasteiger partial charge in [-0.25, -0.2) is 8.78 Å². The highest BCUT2D eigenvalue weighted by atomic mass is 19.2. The third-order valence-electron chi connectivity index (χ3n) is 3.51. The number of rotatable bonds is 4. The van der Waals surface area contributed by atoms with E-state index in [0.717, 1.165) is 23.0 Å². The number of ketones is 1. The predicted molar refractivity (Wildman–Crippen MR) is 71.7 cm³/mol. The van der Waals surface area contributed by atoms with Gasteiger partial charge in [-0.05, 0) is 38.0 Å². The van der Waals surface area contributed by atoms with Gasteiger partial charge in [-0.3, -0.25) is 9.48 Å². The van der Waals surface area contributed by atoms with Crippen molar-refractivity contribution in [3.05, 3.63) is 52.3 Å². The fraction of sp³-hybridized carbons (Fsp3) is 0.333. The van der Waals surface area contributed by atoms with Gasteiger partial charge in [0.25, 0.3) is 0 Å². The van der Waals surface area contributed by atoms with Crippen LogP contribution in [0.4, 0.5) is 8.78 Å². The fourth-order valence-corrected chi connectivity index (χ4v) is 2.27. The molecule has 3 nitrogen and oxygen atoms in total. The first-order valence-corrected chi connectivity index (χ1v) is 6.38. The molecule has 20 heavy (non-hydrogen) atoms. The smallest absolute Gasteiger partial charge is 0.169 e. The summed E-state index contributed by atoms with van der Waals surface area (Å²) in [6, 6.07) is 3.65. The number of carbonyl (C=O) groups is 1. The van der Waals surface area contributed by atoms with Crippen molar-refractivity contribution in [1.82, 2.24) is 9.78 Å². The maximum Gasteiger partial charge on any atom is 0.169 e. The SMILES string of the molecule is Cc1nn(C)c(C)c1CCC(=O)c1cccc(F)c1F. The van der Waals surface area contributed by atoms with E-state index >= 15 is 0 Å². The summed E-state index contributed by atoms with van der Waals surface area (Å²) in [5, 5.41) is 4.26. The van der Waals surface area contributed by atoms with Gasteiger partial charge in [0.05, 0.1) is 11.3 Å². The van der Waals surface area contributed by atoms with E-state index in [1.165, 1.54) is 12.1 Å². The van der Waals surface area contributed by atoms with Crippen LogP contribution in [-0.4, -0.2) is 15.6 Å². The van der Waals surface area contributed by atoms with Crippen molar-refractivity contribution in [2.24, 2.45) is 7.05 Å². The van der Waals surface area contributed by atoms with Crippen molar-refractivity contribution in [3.8, 4) is 0 Å². The Morgan fingerprint density at radius 2 is 2.00 bits per heavy atom. The van der Waals surface area contributed by atoms with Crippen molar-refractivity contribution in [2.75, 3.05) is 0 Å². The molecule has 0 saturated carbocycles. The summed E-state index contributed by atoms with van der Waals surface area (Å²) in [5.74, 6) is -2.47. The Kier molecular flexibility index (Phi) is 3.97. The average molecular weight is 278 g/mol. The highest BCUT2D eigenvalue weighted by molar-refractivity contribution is 5.96. The molecule has 0 radical (unpaired) electrons. The summed E-state index contributed by atoms with van der Waals surface area (Å²) in [4.78, 5) is 12.0. The summed E-state index contributed by atoms with van der Waals surface area (Å²) in [5.41, 5.74) is 2.63. The maximum atomic E-state index is 13.5. The van der Waals surface area contributed by atoms with Crippen LogP contribution in [0, 0.1) is 25.5 Å². The van der Waals surface area contributed by atoms with Gasteiger partial charge in [0.1, 0.15) is 0 Å². The van der Waals surface area contributed by atoms with Crippen LogP contribution < -0.4 is 0 Å². The minimum Gasteiger partial charge on any atom is -0.294 e. The zero-order valence-electron chi connectivity index (χ0n) is 11.7. The highest BCUT2D eigenvalue weighted by Crippen LogP contribution is 2.18. The quantitative estimate of drug-likeness (QED) is 0.805. The van der Waals surface area contributed by atoms with Gasteiger partial charge in [0.15, 0.2) is 17.4 Å². The molecule has 2 aromatic rings. The Hall–Kier alpha value is -2.04. The van der Waals surface area contributed by atoms with E-state index in [1.54, 1.807) is 4.68 Å². The van der Waals surface area contributed by atoms with Crippen LogP contribution in [0.3, 0.4) is 0 Å². The Bertz CT molecular complexity index is 662. The normalized spacial score (nSPS) is 10.8. The molecule has 0 aliphatic carbocycles. The van der Waals surface area contributed by atoms with Gasteiger partial charge in [0.2, 0.25) is 0 Å². The van der Waals surface area contributed by atoms with Crippen LogP contribution in [0.1, 0.15) is 33.7 Å². The molecular formula is C15H16F2N2O. The molecule has 0 amide bonds. The van der Waals surface area contributed by atoms with Crippen molar-refractivity contribution in [2.45, 2.75) is 26.7 Å². The van der Waals surface area contributed by atoms with E-state index in [4.69, 9.17) is 0 Å². The van der Waals surface area contributed by atoms with Crippen molar-refractivity contribution in [3.63, 3.8) is 0 Å². The number of nitrogens with zero attached hydrogens (tertiary/aromatic N) is 2. The fourth-order valence-electron chi connectivity index (χ4n) is 2.27. The first-order chi connectivity index (χ1) is 9.41. The second kappa shape index (κ2) is 5.53. The van der Waals surface area contributed by atoms with Crippen molar-refractivity contribution >= 4 is 5.78 Å². The molecule has 1 heterocycles. The molecule has 106 valence electrons. The lowest BCUT2D eigenvalue weighted by atomic mass is 10.0. The maximum absolute atomic E-state index is 13.5. The van der Waals surface area contributed by atoms with E-state index in [9.17, 15) is 13.6 Å². The molecular weight excluding hydrogens is 262 g/mol. The minimum atomic E-state index is -1.07. The summed E-state index contributed by atoms with van der Waals surface area (Å²) >= 11 is 0. The second-order valence-electron chi connectivity index (χ2n) is 4.80. The lowest BCUT2D eigenvalue weighted by molar-refractivity contribution is 0.0978. The molecule has 5 heteroatoms. The second-order valence-corrected chi connectivity index (χ2v) is 4.80. The molecule has 1 aromatic carbocycles. The van der Waals surface area contributed by atoms with E-state index in [2.05, 4.69) is 5.10 Å². The Morgan fingerprint density at radius 1 is 1.30 bits per heavy atom. The minimum absolute atomic E-state index is 0.133. The van der Waals surface area contributed by atoms with Crippen LogP contribution in [0.5, 0.6) is 0 Å². The highest BCUT2D eigenvalue weighted by Gasteiger charge is 2.17. The zero-order valence-corrected chi connectivity index (χ0v) is 11.7. The monoisotopic (exact) mass is 278 g/mol. The van der Waals surface area contributed by atoms with Gasteiger partial charge >= 0.3 is 0 Å². The van der Waals surface area contributed by atoms with Crippen LogP contribution in [0.2, 0.25) is 0 Å². The topological polar surface area (TPSA) is 34.9 Å². The van der Waals surface area contributed by atoms with E-state index < -0.39 is 17.4 Å². The first-order valence-electron chi connectivity index (χ1n) is 6.38. The van der Waals surface area contributed by atoms with Crippen molar-refractivity contribution < 1.29 is 13.6 Å². The molecule has 0 fully saturated rings. The molecule has 0 spiro atoms. The molecule has 0 aliphatic rings. The Morgan fingerprint density at radius 3 is 2.60 bits per heavy atom. The molecule has 0 bridgehead atoms. The third-order valence-corrected chi connectivity index (χ3v) is 3.51. The Balaban J connectivity index is 2.15. The number of aryl methyl sites for hydroxylation is 2. The van der Waals surface area contributed by atoms with Crippen LogP contribution in [0.15, 0.2) is 18.2 Å². The predicted octanol–water partition coefficient (Wildman–Crippen LogP) is 3.13. The van der Waals surface area contributed by atoms with Gasteiger partial charge in [-0.15, -0.1) is 0 Å². The summed E-state index contributed by atoms with van der Waals surface area (Å²) < 4.78 is 28.4. The Labute approximate surface area is 116 Å². The van der Waals surface area contributed by atoms with Gasteiger partial charge in [-0.1, -0.05) is 6.07 Å². The van der Waals surface area contributed by atoms with Gasteiger partial charge in [-0.2, -0.15) is 5.10 Å². The van der Waals surface area contributed by atoms with Crippen LogP contribution in [-0.2, 0) is 13.5 Å². The van der Waals surface area contributed by atoms with E-state index in [-0.39, 0.29) is 12.0 Å². The van der Waals surface area contributed by atoms with Gasteiger partial charge < -0.3 is 0 Å². The molecule has 0 unspecified atom stereocenters. The van der Waals surface area contributed by atoms with Gasteiger partial charge in [0, 0.05) is 19.2 Å². The number of halogens is 2. The number of carbonyl (C=O) groups excluding carboxylic acids is 1. The summed E-state index contributed by atoms with van der Waals surface area (Å²) in [6.45, 7) is 3.79. The molecule has 2 rings (SSSR count). The molecule has 0 N–H and O–H groups in total. The number of hydrogen-bond acceptors (Lipinski definition) is 2. The lowest BCUT2D eigenvalue weighted by Crippen LogP contribution is -2.06. The third kappa shape index (κ3) is 2.61.